The molecule has 0 spiro atoms. The second kappa shape index (κ2) is 8.07. The van der Waals surface area contributed by atoms with Crippen molar-refractivity contribution in [2.75, 3.05) is 7.11 Å². The molecule has 144 valence electrons. The highest BCUT2D eigenvalue weighted by Gasteiger charge is 2.36. The van der Waals surface area contributed by atoms with Gasteiger partial charge < -0.3 is 14.8 Å². The van der Waals surface area contributed by atoms with Crippen molar-refractivity contribution in [2.45, 2.75) is 12.1 Å². The summed E-state index contributed by atoms with van der Waals surface area (Å²) in [7, 11) is 1.59. The number of halogens is 1. The topological polar surface area (TPSA) is 47.6 Å². The fourth-order valence-corrected chi connectivity index (χ4v) is 3.27. The van der Waals surface area contributed by atoms with Crippen LogP contribution in [0.15, 0.2) is 72.8 Å². The molecule has 0 unspecified atom stereocenters. The summed E-state index contributed by atoms with van der Waals surface area (Å²) >= 11 is 0. The molecule has 0 bridgehead atoms. The van der Waals surface area contributed by atoms with E-state index in [1.54, 1.807) is 25.3 Å². The Bertz CT molecular complexity index is 1120. The minimum Gasteiger partial charge on any atom is -0.497 e. The first-order valence-corrected chi connectivity index (χ1v) is 9.11. The molecule has 1 aliphatic heterocycles. The maximum atomic E-state index is 13.8. The lowest BCUT2D eigenvalue weighted by atomic mass is 9.95. The zero-order valence-corrected chi connectivity index (χ0v) is 15.7. The standard InChI is InChI=1S/C24H18FNO3/c1-28-20-10-5-9-19(15-20)23-22(26-24(27)29-23)18-8-4-6-16(14-18)12-13-17-7-2-3-11-21(17)25/h2-11,14-15,22-23H,1H3,(H,26,27)/t22-,23-/m1/s1. The molecule has 1 fully saturated rings. The van der Waals surface area contributed by atoms with Crippen LogP contribution in [0.2, 0.25) is 0 Å². The predicted molar refractivity (Wildman–Crippen MR) is 107 cm³/mol. The molecule has 1 aliphatic rings. The van der Waals surface area contributed by atoms with Crippen molar-refractivity contribution >= 4 is 6.09 Å². The van der Waals surface area contributed by atoms with Gasteiger partial charge in [0, 0.05) is 5.56 Å². The highest BCUT2D eigenvalue weighted by atomic mass is 19.1. The van der Waals surface area contributed by atoms with Gasteiger partial charge in [0.15, 0.2) is 6.10 Å². The molecule has 1 saturated heterocycles. The summed E-state index contributed by atoms with van der Waals surface area (Å²) in [5.41, 5.74) is 2.74. The van der Waals surface area contributed by atoms with Gasteiger partial charge in [0.2, 0.25) is 0 Å². The van der Waals surface area contributed by atoms with Crippen molar-refractivity contribution in [1.29, 1.82) is 0 Å². The first kappa shape index (κ1) is 18.6. The van der Waals surface area contributed by atoms with E-state index >= 15 is 0 Å². The normalized spacial score (nSPS) is 17.7. The van der Waals surface area contributed by atoms with Crippen molar-refractivity contribution in [3.63, 3.8) is 0 Å². The van der Waals surface area contributed by atoms with Gasteiger partial charge in [0.25, 0.3) is 0 Å². The SMILES string of the molecule is COc1cccc([C@H]2OC(=O)N[C@@H]2c2cccc(C#Cc3ccccc3F)c2)c1. The molecule has 29 heavy (non-hydrogen) atoms. The Morgan fingerprint density at radius 2 is 1.76 bits per heavy atom. The summed E-state index contributed by atoms with van der Waals surface area (Å²) in [6, 6.07) is 20.9. The monoisotopic (exact) mass is 387 g/mol. The van der Waals surface area contributed by atoms with Gasteiger partial charge in [-0.05, 0) is 47.5 Å². The highest BCUT2D eigenvalue weighted by Crippen LogP contribution is 2.37. The van der Waals surface area contributed by atoms with Gasteiger partial charge in [0.05, 0.1) is 18.7 Å². The third-order valence-corrected chi connectivity index (χ3v) is 4.69. The summed E-state index contributed by atoms with van der Waals surface area (Å²) in [5.74, 6) is 6.17. The average molecular weight is 387 g/mol. The molecule has 1 N–H and O–H groups in total. The Morgan fingerprint density at radius 3 is 2.59 bits per heavy atom. The fraction of sp³-hybridized carbons (Fsp3) is 0.125. The van der Waals surface area contributed by atoms with E-state index in [0.29, 0.717) is 11.3 Å². The quantitative estimate of drug-likeness (QED) is 0.660. The van der Waals surface area contributed by atoms with Gasteiger partial charge in [-0.15, -0.1) is 0 Å². The number of carbonyl (C=O) groups excluding carboxylic acids is 1. The molecule has 0 aromatic heterocycles. The fourth-order valence-electron chi connectivity index (χ4n) is 3.27. The predicted octanol–water partition coefficient (Wildman–Crippen LogP) is 4.76. The van der Waals surface area contributed by atoms with Crippen LogP contribution >= 0.6 is 0 Å². The molecular weight excluding hydrogens is 369 g/mol. The number of carbonyl (C=O) groups is 1. The van der Waals surface area contributed by atoms with Crippen molar-refractivity contribution < 1.29 is 18.7 Å². The maximum absolute atomic E-state index is 13.8. The molecule has 3 aromatic carbocycles. The lowest BCUT2D eigenvalue weighted by Gasteiger charge is -2.18. The molecule has 0 saturated carbocycles. The van der Waals surface area contributed by atoms with E-state index < -0.39 is 12.2 Å². The Balaban J connectivity index is 1.64. The van der Waals surface area contributed by atoms with Crippen LogP contribution in [0.3, 0.4) is 0 Å². The zero-order valence-electron chi connectivity index (χ0n) is 15.7. The molecule has 3 aromatic rings. The molecule has 4 nitrogen and oxygen atoms in total. The zero-order chi connectivity index (χ0) is 20.2. The van der Waals surface area contributed by atoms with E-state index in [1.807, 2.05) is 48.5 Å². The summed E-state index contributed by atoms with van der Waals surface area (Å²) in [6.07, 6.45) is -0.974. The number of rotatable bonds is 3. The molecule has 0 aliphatic carbocycles. The van der Waals surface area contributed by atoms with Crippen molar-refractivity contribution in [1.82, 2.24) is 5.32 Å². The van der Waals surface area contributed by atoms with Crippen LogP contribution in [0.25, 0.3) is 0 Å². The van der Waals surface area contributed by atoms with E-state index in [0.717, 1.165) is 16.7 Å². The second-order valence-electron chi connectivity index (χ2n) is 6.58. The number of hydrogen-bond donors (Lipinski definition) is 1. The van der Waals surface area contributed by atoms with Gasteiger partial charge in [-0.25, -0.2) is 9.18 Å². The molecule has 5 heteroatoms. The molecule has 1 amide bonds. The van der Waals surface area contributed by atoms with E-state index in [9.17, 15) is 9.18 Å². The minimum atomic E-state index is -0.493. The lowest BCUT2D eigenvalue weighted by molar-refractivity contribution is 0.132. The number of nitrogens with one attached hydrogen (secondary N) is 1. The van der Waals surface area contributed by atoms with E-state index in [4.69, 9.17) is 9.47 Å². The number of methoxy groups -OCH3 is 1. The van der Waals surface area contributed by atoms with Crippen LogP contribution in [0.1, 0.15) is 34.4 Å². The molecule has 4 rings (SSSR count). The molecule has 2 atom stereocenters. The van der Waals surface area contributed by atoms with Gasteiger partial charge in [-0.2, -0.15) is 0 Å². The van der Waals surface area contributed by atoms with Gasteiger partial charge >= 0.3 is 6.09 Å². The second-order valence-corrected chi connectivity index (χ2v) is 6.58. The molecule has 1 heterocycles. The van der Waals surface area contributed by atoms with Crippen molar-refractivity contribution in [3.8, 4) is 17.6 Å². The number of amides is 1. The van der Waals surface area contributed by atoms with Crippen LogP contribution in [0, 0.1) is 17.7 Å². The lowest BCUT2D eigenvalue weighted by Crippen LogP contribution is -2.19. The third-order valence-electron chi connectivity index (χ3n) is 4.69. The Hall–Kier alpha value is -3.78. The van der Waals surface area contributed by atoms with E-state index in [-0.39, 0.29) is 11.9 Å². The summed E-state index contributed by atoms with van der Waals surface area (Å²) in [5, 5.41) is 2.86. The average Bonchev–Trinajstić information content (AvgIpc) is 3.15. The van der Waals surface area contributed by atoms with Gasteiger partial charge in [-0.3, -0.25) is 0 Å². The third kappa shape index (κ3) is 4.07. The van der Waals surface area contributed by atoms with Crippen LogP contribution in [-0.2, 0) is 4.74 Å². The Kier molecular flexibility index (Phi) is 5.17. The number of benzene rings is 3. The van der Waals surface area contributed by atoms with Gasteiger partial charge in [-0.1, -0.05) is 48.2 Å². The van der Waals surface area contributed by atoms with Crippen molar-refractivity contribution in [2.24, 2.45) is 0 Å². The van der Waals surface area contributed by atoms with E-state index in [1.165, 1.54) is 6.07 Å². The summed E-state index contributed by atoms with van der Waals surface area (Å²) in [4.78, 5) is 12.0. The molecular formula is C24H18FNO3. The van der Waals surface area contributed by atoms with Crippen molar-refractivity contribution in [3.05, 3.63) is 101 Å². The first-order valence-electron chi connectivity index (χ1n) is 9.11. The molecule has 0 radical (unpaired) electrons. The number of alkyl carbamates (subject to hydrolysis) is 1. The van der Waals surface area contributed by atoms with E-state index in [2.05, 4.69) is 17.2 Å². The Morgan fingerprint density at radius 1 is 0.966 bits per heavy atom. The van der Waals surface area contributed by atoms with Crippen LogP contribution in [-0.4, -0.2) is 13.2 Å². The van der Waals surface area contributed by atoms with Crippen LogP contribution in [0.4, 0.5) is 9.18 Å². The maximum Gasteiger partial charge on any atom is 0.408 e. The summed E-state index contributed by atoms with van der Waals surface area (Å²) < 4.78 is 24.6. The number of hydrogen-bond acceptors (Lipinski definition) is 3. The number of ether oxygens (including phenoxy) is 2. The Labute approximate surface area is 168 Å². The summed E-state index contributed by atoms with van der Waals surface area (Å²) in [6.45, 7) is 0. The van der Waals surface area contributed by atoms with Crippen LogP contribution in [0.5, 0.6) is 5.75 Å². The van der Waals surface area contributed by atoms with Crippen LogP contribution < -0.4 is 10.1 Å². The van der Waals surface area contributed by atoms with Gasteiger partial charge in [0.1, 0.15) is 11.6 Å². The largest absolute Gasteiger partial charge is 0.497 e. The highest BCUT2D eigenvalue weighted by molar-refractivity contribution is 5.71. The smallest absolute Gasteiger partial charge is 0.408 e. The first-order chi connectivity index (χ1) is 14.1. The number of cyclic esters (lactones) is 1. The minimum absolute atomic E-state index is 0.338.